The monoisotopic (exact) mass is 432 g/mol. The highest BCUT2D eigenvalue weighted by Crippen LogP contribution is 2.32. The van der Waals surface area contributed by atoms with Gasteiger partial charge in [0.2, 0.25) is 5.95 Å². The van der Waals surface area contributed by atoms with E-state index >= 15 is 0 Å². The van der Waals surface area contributed by atoms with Crippen LogP contribution in [0, 0.1) is 5.41 Å². The van der Waals surface area contributed by atoms with Gasteiger partial charge in [-0.15, -0.1) is 0 Å². The quantitative estimate of drug-likeness (QED) is 0.578. The Morgan fingerprint density at radius 1 is 1.14 bits per heavy atom. The van der Waals surface area contributed by atoms with Crippen LogP contribution in [0.25, 0.3) is 11.2 Å². The van der Waals surface area contributed by atoms with Crippen molar-refractivity contribution in [1.82, 2.24) is 24.8 Å². The average Bonchev–Trinajstić information content (AvgIpc) is 3.01. The molecule has 0 spiro atoms. The summed E-state index contributed by atoms with van der Waals surface area (Å²) < 4.78 is 2.23. The van der Waals surface area contributed by atoms with Crippen LogP contribution in [-0.4, -0.2) is 32.6 Å². The zero-order valence-corrected chi connectivity index (χ0v) is 18.5. The van der Waals surface area contributed by atoms with Crippen molar-refractivity contribution in [2.45, 2.75) is 46.1 Å². The Kier molecular flexibility index (Phi) is 5.69. The summed E-state index contributed by atoms with van der Waals surface area (Å²) >= 11 is 12.3. The summed E-state index contributed by atoms with van der Waals surface area (Å²) in [6, 6.07) is 5.82. The fourth-order valence-electron chi connectivity index (χ4n) is 3.69. The third-order valence-corrected chi connectivity index (χ3v) is 5.76. The van der Waals surface area contributed by atoms with E-state index in [2.05, 4.69) is 41.0 Å². The summed E-state index contributed by atoms with van der Waals surface area (Å²) in [6.45, 7) is 8.55. The molecule has 0 saturated carbocycles. The van der Waals surface area contributed by atoms with Crippen LogP contribution in [0.5, 0.6) is 0 Å². The molecule has 6 nitrogen and oxygen atoms in total. The molecule has 1 aromatic carbocycles. The molecule has 0 radical (unpaired) electrons. The SMILES string of the molecule is CC(C)(C)Cc1ncc2nc(Nc3ccc(Cl)c(Cl)c3)n(C3CCNCC3)c2n1. The zero-order chi connectivity index (χ0) is 20.6. The second kappa shape index (κ2) is 8.09. The summed E-state index contributed by atoms with van der Waals surface area (Å²) in [5.41, 5.74) is 2.64. The van der Waals surface area contributed by atoms with Crippen molar-refractivity contribution in [2.24, 2.45) is 5.41 Å². The molecule has 29 heavy (non-hydrogen) atoms. The third kappa shape index (κ3) is 4.65. The van der Waals surface area contributed by atoms with E-state index in [1.165, 1.54) is 0 Å². The van der Waals surface area contributed by atoms with Crippen LogP contribution in [0.2, 0.25) is 10.0 Å². The van der Waals surface area contributed by atoms with Crippen LogP contribution in [0.3, 0.4) is 0 Å². The standard InChI is InChI=1S/C21H26Cl2N6/c1-21(2,3)11-18-25-12-17-19(28-18)29(14-6-8-24-9-7-14)20(27-17)26-13-4-5-15(22)16(23)10-13/h4-5,10,12,14,24H,6-9,11H2,1-3H3,(H,26,27). The van der Waals surface area contributed by atoms with E-state index < -0.39 is 0 Å². The number of aromatic nitrogens is 4. The van der Waals surface area contributed by atoms with E-state index in [0.717, 1.165) is 61.0 Å². The first-order chi connectivity index (χ1) is 13.8. The number of nitrogens with zero attached hydrogens (tertiary/aromatic N) is 4. The maximum atomic E-state index is 6.20. The van der Waals surface area contributed by atoms with E-state index in [4.69, 9.17) is 33.2 Å². The molecular weight excluding hydrogens is 407 g/mol. The van der Waals surface area contributed by atoms with Crippen molar-refractivity contribution < 1.29 is 0 Å². The molecule has 0 unspecified atom stereocenters. The molecule has 0 amide bonds. The lowest BCUT2D eigenvalue weighted by Crippen LogP contribution is -2.30. The maximum absolute atomic E-state index is 6.20. The molecule has 2 aromatic heterocycles. The van der Waals surface area contributed by atoms with Crippen LogP contribution in [0.4, 0.5) is 11.6 Å². The molecule has 3 aromatic rings. The number of anilines is 2. The number of hydrogen-bond acceptors (Lipinski definition) is 5. The zero-order valence-electron chi connectivity index (χ0n) is 17.0. The molecule has 4 rings (SSSR count). The first-order valence-electron chi connectivity index (χ1n) is 9.97. The lowest BCUT2D eigenvalue weighted by molar-refractivity contribution is 0.375. The van der Waals surface area contributed by atoms with Gasteiger partial charge in [0, 0.05) is 18.2 Å². The maximum Gasteiger partial charge on any atom is 0.209 e. The van der Waals surface area contributed by atoms with Gasteiger partial charge in [0.05, 0.1) is 16.2 Å². The van der Waals surface area contributed by atoms with Gasteiger partial charge in [0.1, 0.15) is 11.3 Å². The highest BCUT2D eigenvalue weighted by atomic mass is 35.5. The molecule has 1 aliphatic rings. The van der Waals surface area contributed by atoms with Crippen molar-refractivity contribution in [3.63, 3.8) is 0 Å². The Labute approximate surface area is 181 Å². The molecule has 0 bridgehead atoms. The Morgan fingerprint density at radius 2 is 1.90 bits per heavy atom. The number of halogens is 2. The van der Waals surface area contributed by atoms with E-state index in [9.17, 15) is 0 Å². The molecular formula is C21H26Cl2N6. The molecule has 8 heteroatoms. The van der Waals surface area contributed by atoms with Crippen molar-refractivity contribution >= 4 is 46.0 Å². The lowest BCUT2D eigenvalue weighted by Gasteiger charge is -2.26. The number of benzene rings is 1. The van der Waals surface area contributed by atoms with Gasteiger partial charge in [-0.2, -0.15) is 0 Å². The summed E-state index contributed by atoms with van der Waals surface area (Å²) in [4.78, 5) is 14.3. The third-order valence-electron chi connectivity index (χ3n) is 5.02. The van der Waals surface area contributed by atoms with Crippen molar-refractivity contribution in [1.29, 1.82) is 0 Å². The van der Waals surface area contributed by atoms with Crippen LogP contribution < -0.4 is 10.6 Å². The smallest absolute Gasteiger partial charge is 0.209 e. The van der Waals surface area contributed by atoms with Gasteiger partial charge in [-0.3, -0.25) is 4.57 Å². The minimum Gasteiger partial charge on any atom is -0.325 e. The predicted molar refractivity (Wildman–Crippen MR) is 119 cm³/mol. The van der Waals surface area contributed by atoms with Crippen molar-refractivity contribution in [2.75, 3.05) is 18.4 Å². The number of fused-ring (bicyclic) bond motifs is 1. The first-order valence-corrected chi connectivity index (χ1v) is 10.7. The highest BCUT2D eigenvalue weighted by molar-refractivity contribution is 6.42. The Hall–Kier alpha value is -1.89. The van der Waals surface area contributed by atoms with E-state index in [0.29, 0.717) is 16.1 Å². The Balaban J connectivity index is 1.78. The molecule has 1 saturated heterocycles. The molecule has 1 aliphatic heterocycles. The second-order valence-corrected chi connectivity index (χ2v) is 9.59. The number of nitrogens with one attached hydrogen (secondary N) is 2. The van der Waals surface area contributed by atoms with E-state index in [1.54, 1.807) is 6.07 Å². The fraction of sp³-hybridized carbons (Fsp3) is 0.476. The van der Waals surface area contributed by atoms with Gasteiger partial charge in [-0.1, -0.05) is 44.0 Å². The lowest BCUT2D eigenvalue weighted by atomic mass is 9.92. The normalized spacial score (nSPS) is 15.8. The number of hydrogen-bond donors (Lipinski definition) is 2. The van der Waals surface area contributed by atoms with Crippen LogP contribution >= 0.6 is 23.2 Å². The summed E-state index contributed by atoms with van der Waals surface area (Å²) in [5.74, 6) is 1.61. The van der Waals surface area contributed by atoms with Gasteiger partial charge in [0.15, 0.2) is 5.65 Å². The molecule has 3 heterocycles. The fourth-order valence-corrected chi connectivity index (χ4v) is 3.99. The Bertz CT molecular complexity index is 1020. The average molecular weight is 433 g/mol. The number of piperidine rings is 1. The van der Waals surface area contributed by atoms with Gasteiger partial charge in [0.25, 0.3) is 0 Å². The predicted octanol–water partition coefficient (Wildman–Crippen LogP) is 5.39. The summed E-state index contributed by atoms with van der Waals surface area (Å²) in [5, 5.41) is 7.88. The molecule has 154 valence electrons. The largest absolute Gasteiger partial charge is 0.325 e. The highest BCUT2D eigenvalue weighted by Gasteiger charge is 2.24. The van der Waals surface area contributed by atoms with Crippen LogP contribution in [0.1, 0.15) is 45.5 Å². The summed E-state index contributed by atoms with van der Waals surface area (Å²) in [6.07, 6.45) is 4.71. The van der Waals surface area contributed by atoms with Crippen molar-refractivity contribution in [3.05, 3.63) is 40.3 Å². The topological polar surface area (TPSA) is 67.7 Å². The van der Waals surface area contributed by atoms with Gasteiger partial charge < -0.3 is 10.6 Å². The van der Waals surface area contributed by atoms with Crippen LogP contribution in [0.15, 0.2) is 24.4 Å². The minimum absolute atomic E-state index is 0.119. The van der Waals surface area contributed by atoms with E-state index in [-0.39, 0.29) is 5.41 Å². The molecule has 0 aliphatic carbocycles. The minimum atomic E-state index is 0.119. The molecule has 2 N–H and O–H groups in total. The van der Waals surface area contributed by atoms with Gasteiger partial charge in [-0.05, 0) is 49.5 Å². The van der Waals surface area contributed by atoms with Gasteiger partial charge >= 0.3 is 0 Å². The van der Waals surface area contributed by atoms with Gasteiger partial charge in [-0.25, -0.2) is 15.0 Å². The molecule has 0 atom stereocenters. The first kappa shape index (κ1) is 20.4. The number of rotatable bonds is 4. The van der Waals surface area contributed by atoms with Crippen LogP contribution in [-0.2, 0) is 6.42 Å². The Morgan fingerprint density at radius 3 is 2.59 bits per heavy atom. The second-order valence-electron chi connectivity index (χ2n) is 8.77. The molecule has 1 fully saturated rings. The summed E-state index contributed by atoms with van der Waals surface area (Å²) in [7, 11) is 0. The van der Waals surface area contributed by atoms with Crippen molar-refractivity contribution in [3.8, 4) is 0 Å². The van der Waals surface area contributed by atoms with E-state index in [1.807, 2.05) is 18.3 Å². The number of imidazole rings is 1.